The molecule has 0 aliphatic carbocycles. The average Bonchev–Trinajstić information content (AvgIpc) is 2.52. The Hall–Kier alpha value is -3.13. The molecule has 0 aliphatic rings. The third-order valence-corrected chi connectivity index (χ3v) is 2.75. The second-order valence-electron chi connectivity index (χ2n) is 4.06. The zero-order valence-electron chi connectivity index (χ0n) is 11.2. The Kier molecular flexibility index (Phi) is 4.32. The second kappa shape index (κ2) is 6.35. The normalized spacial score (nSPS) is 9.38. The van der Waals surface area contributed by atoms with E-state index in [0.29, 0.717) is 5.56 Å². The van der Waals surface area contributed by atoms with Crippen LogP contribution in [0.25, 0.3) is 0 Å². The number of esters is 1. The molecule has 0 amide bonds. The van der Waals surface area contributed by atoms with E-state index in [1.807, 2.05) is 18.2 Å². The molecule has 0 atom stereocenters. The molecule has 5 heteroatoms. The van der Waals surface area contributed by atoms with Crippen LogP contribution in [0.3, 0.4) is 0 Å². The summed E-state index contributed by atoms with van der Waals surface area (Å²) in [7, 11) is 1.22. The molecule has 0 saturated carbocycles. The summed E-state index contributed by atoms with van der Waals surface area (Å²) in [5.41, 5.74) is 0.612. The number of benzene rings is 2. The zero-order chi connectivity index (χ0) is 15.2. The van der Waals surface area contributed by atoms with Gasteiger partial charge < -0.3 is 4.74 Å². The zero-order valence-corrected chi connectivity index (χ0v) is 11.2. The van der Waals surface area contributed by atoms with Crippen molar-refractivity contribution in [1.29, 1.82) is 0 Å². The van der Waals surface area contributed by atoms with E-state index in [-0.39, 0.29) is 16.8 Å². The Labute approximate surface area is 121 Å². The van der Waals surface area contributed by atoms with Crippen molar-refractivity contribution in [2.75, 3.05) is 7.11 Å². The average molecular weight is 281 g/mol. The van der Waals surface area contributed by atoms with E-state index in [4.69, 9.17) is 0 Å². The van der Waals surface area contributed by atoms with Crippen LogP contribution in [0.4, 0.5) is 5.69 Å². The van der Waals surface area contributed by atoms with Gasteiger partial charge in [-0.05, 0) is 18.2 Å². The summed E-state index contributed by atoms with van der Waals surface area (Å²) in [5.74, 6) is 4.86. The molecular formula is C16H11NO4. The summed E-state index contributed by atoms with van der Waals surface area (Å²) in [6.45, 7) is 0. The summed E-state index contributed by atoms with van der Waals surface area (Å²) in [4.78, 5) is 22.2. The molecule has 104 valence electrons. The first-order valence-corrected chi connectivity index (χ1v) is 6.06. The number of carbonyl (C=O) groups excluding carboxylic acids is 1. The highest BCUT2D eigenvalue weighted by molar-refractivity contribution is 5.93. The van der Waals surface area contributed by atoms with E-state index in [1.54, 1.807) is 12.1 Å². The minimum atomic E-state index is -0.656. The minimum absolute atomic E-state index is 0.0539. The number of nitro benzene ring substituents is 1. The fourth-order valence-corrected chi connectivity index (χ4v) is 1.76. The van der Waals surface area contributed by atoms with Gasteiger partial charge in [0.1, 0.15) is 5.56 Å². The second-order valence-corrected chi connectivity index (χ2v) is 4.06. The lowest BCUT2D eigenvalue weighted by atomic mass is 10.1. The van der Waals surface area contributed by atoms with Crippen molar-refractivity contribution in [3.05, 3.63) is 75.3 Å². The molecule has 0 fully saturated rings. The van der Waals surface area contributed by atoms with Gasteiger partial charge in [-0.3, -0.25) is 10.1 Å². The molecule has 21 heavy (non-hydrogen) atoms. The first-order valence-electron chi connectivity index (χ1n) is 6.06. The maximum atomic E-state index is 11.7. The fraction of sp³-hybridized carbons (Fsp3) is 0.0625. The minimum Gasteiger partial charge on any atom is -0.465 e. The number of rotatable bonds is 2. The van der Waals surface area contributed by atoms with Gasteiger partial charge >= 0.3 is 5.97 Å². The molecule has 5 nitrogen and oxygen atoms in total. The number of methoxy groups -OCH3 is 1. The lowest BCUT2D eigenvalue weighted by molar-refractivity contribution is -0.385. The molecule has 2 aromatic rings. The Morgan fingerprint density at radius 3 is 2.43 bits per heavy atom. The van der Waals surface area contributed by atoms with Gasteiger partial charge in [0.15, 0.2) is 0 Å². The van der Waals surface area contributed by atoms with Crippen LogP contribution >= 0.6 is 0 Å². The monoisotopic (exact) mass is 281 g/mol. The van der Waals surface area contributed by atoms with Crippen LogP contribution in [0.15, 0.2) is 48.5 Å². The van der Waals surface area contributed by atoms with Crippen molar-refractivity contribution >= 4 is 11.7 Å². The fourth-order valence-electron chi connectivity index (χ4n) is 1.76. The largest absolute Gasteiger partial charge is 0.465 e. The molecule has 0 bridgehead atoms. The van der Waals surface area contributed by atoms with Crippen molar-refractivity contribution in [2.45, 2.75) is 0 Å². The standard InChI is InChI=1S/C16H11NO4/c1-21-16(18)14-8-5-9-15(17(19)20)13(14)11-10-12-6-3-2-4-7-12/h2-9H,1H3. The maximum Gasteiger partial charge on any atom is 0.339 e. The predicted octanol–water partition coefficient (Wildman–Crippen LogP) is 2.78. The Balaban J connectivity index is 2.57. The van der Waals surface area contributed by atoms with Gasteiger partial charge in [0.2, 0.25) is 0 Å². The van der Waals surface area contributed by atoms with E-state index in [1.165, 1.54) is 25.3 Å². The van der Waals surface area contributed by atoms with Crippen molar-refractivity contribution < 1.29 is 14.5 Å². The maximum absolute atomic E-state index is 11.7. The van der Waals surface area contributed by atoms with Gasteiger partial charge in [0.25, 0.3) is 5.69 Å². The highest BCUT2D eigenvalue weighted by Gasteiger charge is 2.20. The molecule has 0 heterocycles. The molecule has 2 rings (SSSR count). The summed E-state index contributed by atoms with van der Waals surface area (Å²) < 4.78 is 4.63. The van der Waals surface area contributed by atoms with Gasteiger partial charge in [-0.2, -0.15) is 0 Å². The lowest BCUT2D eigenvalue weighted by Crippen LogP contribution is -2.06. The highest BCUT2D eigenvalue weighted by atomic mass is 16.6. The van der Waals surface area contributed by atoms with Gasteiger partial charge in [-0.25, -0.2) is 4.79 Å². The van der Waals surface area contributed by atoms with Crippen LogP contribution in [-0.4, -0.2) is 18.0 Å². The molecule has 2 aromatic carbocycles. The van der Waals surface area contributed by atoms with Crippen LogP contribution in [-0.2, 0) is 4.74 Å². The number of nitrogens with zero attached hydrogens (tertiary/aromatic N) is 1. The van der Waals surface area contributed by atoms with E-state index >= 15 is 0 Å². The van der Waals surface area contributed by atoms with Crippen LogP contribution in [0.2, 0.25) is 0 Å². The topological polar surface area (TPSA) is 69.4 Å². The third-order valence-electron chi connectivity index (χ3n) is 2.75. The summed E-state index contributed by atoms with van der Waals surface area (Å²) in [6.07, 6.45) is 0. The lowest BCUT2D eigenvalue weighted by Gasteiger charge is -2.03. The molecule has 0 aromatic heterocycles. The quantitative estimate of drug-likeness (QED) is 0.367. The smallest absolute Gasteiger partial charge is 0.339 e. The van der Waals surface area contributed by atoms with Crippen LogP contribution < -0.4 is 0 Å². The molecule has 0 spiro atoms. The summed E-state index contributed by atoms with van der Waals surface area (Å²) in [5, 5.41) is 11.1. The van der Waals surface area contributed by atoms with Crippen molar-refractivity contribution in [3.63, 3.8) is 0 Å². The van der Waals surface area contributed by atoms with Gasteiger partial charge in [0, 0.05) is 11.6 Å². The van der Waals surface area contributed by atoms with Crippen molar-refractivity contribution in [3.8, 4) is 11.8 Å². The molecule has 0 aliphatic heterocycles. The number of nitro groups is 1. The number of hydrogen-bond acceptors (Lipinski definition) is 4. The molecular weight excluding hydrogens is 270 g/mol. The Morgan fingerprint density at radius 2 is 1.81 bits per heavy atom. The first-order chi connectivity index (χ1) is 10.1. The van der Waals surface area contributed by atoms with Crippen molar-refractivity contribution in [1.82, 2.24) is 0 Å². The van der Waals surface area contributed by atoms with E-state index in [0.717, 1.165) is 0 Å². The summed E-state index contributed by atoms with van der Waals surface area (Å²) in [6, 6.07) is 13.2. The predicted molar refractivity (Wildman–Crippen MR) is 76.9 cm³/mol. The van der Waals surface area contributed by atoms with Crippen LogP contribution in [0.1, 0.15) is 21.5 Å². The Bertz CT molecular complexity index is 742. The van der Waals surface area contributed by atoms with Crippen molar-refractivity contribution in [2.24, 2.45) is 0 Å². The summed E-state index contributed by atoms with van der Waals surface area (Å²) >= 11 is 0. The number of carbonyl (C=O) groups is 1. The van der Waals surface area contributed by atoms with E-state index in [2.05, 4.69) is 16.6 Å². The molecule has 0 N–H and O–H groups in total. The van der Waals surface area contributed by atoms with Crippen LogP contribution in [0, 0.1) is 22.0 Å². The molecule has 0 saturated heterocycles. The van der Waals surface area contributed by atoms with E-state index in [9.17, 15) is 14.9 Å². The van der Waals surface area contributed by atoms with Gasteiger partial charge in [-0.1, -0.05) is 36.1 Å². The third kappa shape index (κ3) is 3.25. The first kappa shape index (κ1) is 14.3. The number of hydrogen-bond donors (Lipinski definition) is 0. The Morgan fingerprint density at radius 1 is 1.10 bits per heavy atom. The number of ether oxygens (including phenoxy) is 1. The molecule has 0 unspecified atom stereocenters. The SMILES string of the molecule is COC(=O)c1cccc([N+](=O)[O-])c1C#Cc1ccccc1. The van der Waals surface area contributed by atoms with Gasteiger partial charge in [-0.15, -0.1) is 0 Å². The van der Waals surface area contributed by atoms with Gasteiger partial charge in [0.05, 0.1) is 17.6 Å². The highest BCUT2D eigenvalue weighted by Crippen LogP contribution is 2.22. The van der Waals surface area contributed by atoms with Crippen LogP contribution in [0.5, 0.6) is 0 Å². The molecule has 0 radical (unpaired) electrons. The van der Waals surface area contributed by atoms with E-state index < -0.39 is 10.9 Å².